The standard InChI is InChI=1S/C10H21NO3Si.C8H17NO2Si/c1-4-12-15(13-5-2,14-6-3)10-8-7-9-11;1-4-10-12(3,11-5-2)8-6-7-9/h4-8,10H2,1-3H3;4-6,8H2,1-3H3. The van der Waals surface area contributed by atoms with Gasteiger partial charge in [0.1, 0.15) is 0 Å². The molecule has 0 aliphatic carbocycles. The topological polar surface area (TPSA) is 93.7 Å². The lowest BCUT2D eigenvalue weighted by Gasteiger charge is -2.28. The van der Waals surface area contributed by atoms with Crippen molar-refractivity contribution in [1.82, 2.24) is 0 Å². The van der Waals surface area contributed by atoms with Gasteiger partial charge in [-0.2, -0.15) is 10.5 Å². The Balaban J connectivity index is 0. The van der Waals surface area contributed by atoms with Crippen LogP contribution in [0.2, 0.25) is 18.6 Å². The zero-order valence-electron chi connectivity index (χ0n) is 18.0. The van der Waals surface area contributed by atoms with Crippen LogP contribution in [0.1, 0.15) is 53.9 Å². The van der Waals surface area contributed by atoms with Gasteiger partial charge in [0.05, 0.1) is 12.1 Å². The normalized spacial score (nSPS) is 11.3. The zero-order chi connectivity index (χ0) is 21.0. The fraction of sp³-hybridized carbons (Fsp3) is 0.889. The fourth-order valence-electron chi connectivity index (χ4n) is 2.46. The first-order chi connectivity index (χ1) is 12.9. The van der Waals surface area contributed by atoms with Crippen molar-refractivity contribution in [1.29, 1.82) is 10.5 Å². The van der Waals surface area contributed by atoms with Gasteiger partial charge in [0, 0.05) is 58.0 Å². The van der Waals surface area contributed by atoms with Crippen molar-refractivity contribution >= 4 is 17.4 Å². The van der Waals surface area contributed by atoms with E-state index in [-0.39, 0.29) is 0 Å². The largest absolute Gasteiger partial charge is 0.500 e. The number of nitriles is 2. The molecule has 0 aliphatic heterocycles. The summed E-state index contributed by atoms with van der Waals surface area (Å²) in [5.74, 6) is 0. The molecule has 0 saturated heterocycles. The highest BCUT2D eigenvalue weighted by Gasteiger charge is 2.39. The van der Waals surface area contributed by atoms with Crippen molar-refractivity contribution in [3.05, 3.63) is 0 Å². The van der Waals surface area contributed by atoms with Crippen LogP contribution in [0, 0.1) is 22.7 Å². The van der Waals surface area contributed by atoms with Crippen LogP contribution in [0.25, 0.3) is 0 Å². The van der Waals surface area contributed by atoms with Crippen LogP contribution in [0.3, 0.4) is 0 Å². The smallest absolute Gasteiger partial charge is 0.395 e. The van der Waals surface area contributed by atoms with E-state index < -0.39 is 17.4 Å². The van der Waals surface area contributed by atoms with Gasteiger partial charge in [0.25, 0.3) is 0 Å². The van der Waals surface area contributed by atoms with Crippen molar-refractivity contribution in [3.63, 3.8) is 0 Å². The van der Waals surface area contributed by atoms with E-state index in [0.717, 1.165) is 18.5 Å². The van der Waals surface area contributed by atoms with E-state index in [1.807, 2.05) is 41.2 Å². The summed E-state index contributed by atoms with van der Waals surface area (Å²) >= 11 is 0. The molecule has 0 saturated carbocycles. The van der Waals surface area contributed by atoms with E-state index >= 15 is 0 Å². The van der Waals surface area contributed by atoms with E-state index in [2.05, 4.69) is 12.1 Å². The number of rotatable bonds is 15. The summed E-state index contributed by atoms with van der Waals surface area (Å²) < 4.78 is 28.0. The highest BCUT2D eigenvalue weighted by molar-refractivity contribution is 6.66. The molecule has 0 aromatic rings. The van der Waals surface area contributed by atoms with Crippen molar-refractivity contribution in [2.45, 2.75) is 72.5 Å². The summed E-state index contributed by atoms with van der Waals surface area (Å²) in [6.07, 6.45) is 1.84. The average molecular weight is 419 g/mol. The van der Waals surface area contributed by atoms with E-state index in [9.17, 15) is 0 Å². The predicted molar refractivity (Wildman–Crippen MR) is 110 cm³/mol. The molecule has 0 radical (unpaired) electrons. The first-order valence-electron chi connectivity index (χ1n) is 9.86. The van der Waals surface area contributed by atoms with Crippen LogP contribution in [-0.4, -0.2) is 50.4 Å². The van der Waals surface area contributed by atoms with Gasteiger partial charge >= 0.3 is 17.4 Å². The molecular weight excluding hydrogens is 380 g/mol. The third-order valence-electron chi connectivity index (χ3n) is 3.45. The summed E-state index contributed by atoms with van der Waals surface area (Å²) in [7, 11) is -4.48. The lowest BCUT2D eigenvalue weighted by Crippen LogP contribution is -2.45. The number of hydrogen-bond acceptors (Lipinski definition) is 7. The van der Waals surface area contributed by atoms with Gasteiger partial charge in [0.2, 0.25) is 0 Å². The van der Waals surface area contributed by atoms with E-state index in [1.54, 1.807) is 0 Å². The third-order valence-corrected chi connectivity index (χ3v) is 9.56. The van der Waals surface area contributed by atoms with Gasteiger partial charge in [-0.15, -0.1) is 0 Å². The minimum absolute atomic E-state index is 0.530. The lowest BCUT2D eigenvalue weighted by molar-refractivity contribution is 0.0709. The second kappa shape index (κ2) is 18.6. The highest BCUT2D eigenvalue weighted by atomic mass is 28.4. The Labute approximate surface area is 168 Å². The lowest BCUT2D eigenvalue weighted by atomic mass is 10.4. The second-order valence-electron chi connectivity index (χ2n) is 5.65. The molecule has 0 heterocycles. The summed E-state index contributed by atoms with van der Waals surface area (Å²) in [6.45, 7) is 14.9. The molecular formula is C18H38N2O5Si2. The quantitative estimate of drug-likeness (QED) is 0.287. The van der Waals surface area contributed by atoms with Crippen molar-refractivity contribution in [2.75, 3.05) is 33.0 Å². The molecule has 0 fully saturated rings. The molecule has 0 aromatic carbocycles. The Morgan fingerprint density at radius 3 is 1.37 bits per heavy atom. The molecule has 0 bridgehead atoms. The maximum Gasteiger partial charge on any atom is 0.500 e. The Hall–Kier alpha value is -0.786. The van der Waals surface area contributed by atoms with Gasteiger partial charge < -0.3 is 22.1 Å². The Kier molecular flexibility index (Phi) is 19.6. The predicted octanol–water partition coefficient (Wildman–Crippen LogP) is 4.38. The summed E-state index contributed by atoms with van der Waals surface area (Å²) in [5, 5.41) is 16.9. The van der Waals surface area contributed by atoms with Crippen LogP contribution >= 0.6 is 0 Å². The van der Waals surface area contributed by atoms with Crippen LogP contribution in [0.15, 0.2) is 0 Å². The maximum absolute atomic E-state index is 8.50. The van der Waals surface area contributed by atoms with Crippen LogP contribution in [0.4, 0.5) is 0 Å². The molecule has 0 atom stereocenters. The molecule has 0 amide bonds. The number of hydrogen-bond donors (Lipinski definition) is 0. The Bertz CT molecular complexity index is 404. The molecule has 0 spiro atoms. The number of nitrogens with zero attached hydrogens (tertiary/aromatic N) is 2. The van der Waals surface area contributed by atoms with Crippen molar-refractivity contribution in [3.8, 4) is 12.1 Å². The SMILES string of the molecule is CCO[Si](C)(CCC#N)OCC.CCO[Si](CCCC#N)(OCC)OCC. The molecule has 0 N–H and O–H groups in total. The molecule has 158 valence electrons. The zero-order valence-corrected chi connectivity index (χ0v) is 20.0. The minimum atomic E-state index is -2.48. The first kappa shape index (κ1) is 28.4. The van der Waals surface area contributed by atoms with Gasteiger partial charge in [-0.1, -0.05) is 0 Å². The van der Waals surface area contributed by atoms with Crippen molar-refractivity contribution < 1.29 is 22.1 Å². The molecule has 0 unspecified atom stereocenters. The minimum Gasteiger partial charge on any atom is -0.395 e. The maximum atomic E-state index is 8.50. The third kappa shape index (κ3) is 14.9. The van der Waals surface area contributed by atoms with E-state index in [4.69, 9.17) is 32.7 Å². The first-order valence-corrected chi connectivity index (χ1v) is 14.3. The molecule has 0 aliphatic rings. The summed E-state index contributed by atoms with van der Waals surface area (Å²) in [4.78, 5) is 0. The van der Waals surface area contributed by atoms with Gasteiger partial charge in [-0.25, -0.2) is 0 Å². The average Bonchev–Trinajstić information content (AvgIpc) is 2.62. The Morgan fingerprint density at radius 2 is 1.04 bits per heavy atom. The summed E-state index contributed by atoms with van der Waals surface area (Å²) in [5.41, 5.74) is 0. The molecule has 0 aromatic heterocycles. The van der Waals surface area contributed by atoms with Crippen molar-refractivity contribution in [2.24, 2.45) is 0 Å². The molecule has 9 heteroatoms. The molecule has 27 heavy (non-hydrogen) atoms. The Morgan fingerprint density at radius 1 is 0.630 bits per heavy atom. The highest BCUT2D eigenvalue weighted by Crippen LogP contribution is 2.19. The fourth-order valence-corrected chi connectivity index (χ4v) is 7.24. The van der Waals surface area contributed by atoms with Gasteiger partial charge in [-0.3, -0.25) is 0 Å². The van der Waals surface area contributed by atoms with Crippen LogP contribution < -0.4 is 0 Å². The molecule has 7 nitrogen and oxygen atoms in total. The monoisotopic (exact) mass is 418 g/mol. The van der Waals surface area contributed by atoms with E-state index in [0.29, 0.717) is 45.9 Å². The number of unbranched alkanes of at least 4 members (excludes halogenated alkanes) is 1. The second-order valence-corrected chi connectivity index (χ2v) is 11.7. The van der Waals surface area contributed by atoms with Crippen LogP contribution in [-0.2, 0) is 22.1 Å². The van der Waals surface area contributed by atoms with E-state index in [1.165, 1.54) is 0 Å². The molecule has 0 rings (SSSR count). The summed E-state index contributed by atoms with van der Waals surface area (Å²) in [6, 6.07) is 5.74. The van der Waals surface area contributed by atoms with Crippen LogP contribution in [0.5, 0.6) is 0 Å². The van der Waals surface area contributed by atoms with Gasteiger partial charge in [-0.05, 0) is 47.6 Å². The van der Waals surface area contributed by atoms with Gasteiger partial charge in [0.15, 0.2) is 0 Å².